The highest BCUT2D eigenvalue weighted by atomic mass is 16.6. The molecule has 1 unspecified atom stereocenters. The standard InChI is InChI=1S/C17H20N2O2/c1-13-7-3-4-8-15(13)11-12-18-14(2)16-9-5-6-10-17(16)19(20)21/h3-10,14,18H,11-12H2,1-2H3. The number of nitro groups is 1. The minimum atomic E-state index is -0.325. The summed E-state index contributed by atoms with van der Waals surface area (Å²) in [5.41, 5.74) is 3.48. The highest BCUT2D eigenvalue weighted by Gasteiger charge is 2.17. The van der Waals surface area contributed by atoms with E-state index in [0.29, 0.717) is 0 Å². The van der Waals surface area contributed by atoms with E-state index in [4.69, 9.17) is 0 Å². The molecule has 0 spiro atoms. The molecule has 4 heteroatoms. The van der Waals surface area contributed by atoms with Crippen LogP contribution in [0.1, 0.15) is 29.7 Å². The van der Waals surface area contributed by atoms with Crippen molar-refractivity contribution in [2.45, 2.75) is 26.3 Å². The van der Waals surface area contributed by atoms with Gasteiger partial charge in [0.25, 0.3) is 5.69 Å². The lowest BCUT2D eigenvalue weighted by molar-refractivity contribution is -0.385. The molecule has 0 saturated carbocycles. The zero-order valence-corrected chi connectivity index (χ0v) is 12.4. The van der Waals surface area contributed by atoms with Crippen molar-refractivity contribution in [2.75, 3.05) is 6.54 Å². The lowest BCUT2D eigenvalue weighted by Gasteiger charge is -2.15. The van der Waals surface area contributed by atoms with Gasteiger partial charge in [-0.25, -0.2) is 0 Å². The van der Waals surface area contributed by atoms with Crippen LogP contribution in [0.2, 0.25) is 0 Å². The number of hydrogen-bond acceptors (Lipinski definition) is 3. The van der Waals surface area contributed by atoms with Gasteiger partial charge in [-0.2, -0.15) is 0 Å². The van der Waals surface area contributed by atoms with Gasteiger partial charge in [0.1, 0.15) is 0 Å². The lowest BCUT2D eigenvalue weighted by Crippen LogP contribution is -2.22. The fourth-order valence-corrected chi connectivity index (χ4v) is 2.44. The van der Waals surface area contributed by atoms with Crippen molar-refractivity contribution >= 4 is 5.69 Å². The molecule has 0 aliphatic heterocycles. The first-order chi connectivity index (χ1) is 10.1. The second-order valence-corrected chi connectivity index (χ2v) is 5.17. The van der Waals surface area contributed by atoms with Crippen molar-refractivity contribution in [1.29, 1.82) is 0 Å². The van der Waals surface area contributed by atoms with Crippen LogP contribution in [0, 0.1) is 17.0 Å². The van der Waals surface area contributed by atoms with Gasteiger partial charge < -0.3 is 5.32 Å². The molecular weight excluding hydrogens is 264 g/mol. The Morgan fingerprint density at radius 3 is 2.52 bits per heavy atom. The smallest absolute Gasteiger partial charge is 0.274 e. The predicted molar refractivity (Wildman–Crippen MR) is 84.4 cm³/mol. The number of hydrogen-bond donors (Lipinski definition) is 1. The summed E-state index contributed by atoms with van der Waals surface area (Å²) in [6.07, 6.45) is 0.914. The van der Waals surface area contributed by atoms with Crippen molar-refractivity contribution in [1.82, 2.24) is 5.32 Å². The SMILES string of the molecule is Cc1ccccc1CCNC(C)c1ccccc1[N+](=O)[O-]. The molecule has 0 aliphatic carbocycles. The Kier molecular flexibility index (Phi) is 5.06. The van der Waals surface area contributed by atoms with E-state index in [1.807, 2.05) is 31.2 Å². The molecule has 0 fully saturated rings. The number of nitro benzene ring substituents is 1. The third-order valence-electron chi connectivity index (χ3n) is 3.71. The third kappa shape index (κ3) is 3.89. The normalized spacial score (nSPS) is 12.1. The van der Waals surface area contributed by atoms with Crippen LogP contribution in [0.5, 0.6) is 0 Å². The first-order valence-corrected chi connectivity index (χ1v) is 7.11. The summed E-state index contributed by atoms with van der Waals surface area (Å²) in [7, 11) is 0. The average Bonchev–Trinajstić information content (AvgIpc) is 2.49. The van der Waals surface area contributed by atoms with Gasteiger partial charge >= 0.3 is 0 Å². The molecule has 0 amide bonds. The Morgan fingerprint density at radius 1 is 1.14 bits per heavy atom. The van der Waals surface area contributed by atoms with Crippen LogP contribution in [-0.2, 0) is 6.42 Å². The summed E-state index contributed by atoms with van der Waals surface area (Å²) in [5, 5.41) is 14.4. The molecule has 0 bridgehead atoms. The average molecular weight is 284 g/mol. The minimum absolute atomic E-state index is 0.0457. The van der Waals surface area contributed by atoms with Crippen LogP contribution in [0.4, 0.5) is 5.69 Å². The summed E-state index contributed by atoms with van der Waals surface area (Å²) < 4.78 is 0. The molecule has 2 aromatic rings. The number of benzene rings is 2. The molecule has 0 saturated heterocycles. The molecule has 1 atom stereocenters. The zero-order valence-electron chi connectivity index (χ0n) is 12.4. The van der Waals surface area contributed by atoms with E-state index in [1.165, 1.54) is 11.1 Å². The van der Waals surface area contributed by atoms with Crippen LogP contribution in [0.3, 0.4) is 0 Å². The summed E-state index contributed by atoms with van der Waals surface area (Å²) in [5.74, 6) is 0. The van der Waals surface area contributed by atoms with Crippen molar-refractivity contribution in [3.05, 3.63) is 75.3 Å². The summed E-state index contributed by atoms with van der Waals surface area (Å²) in [4.78, 5) is 10.7. The van der Waals surface area contributed by atoms with E-state index in [2.05, 4.69) is 24.4 Å². The molecular formula is C17H20N2O2. The first kappa shape index (κ1) is 15.2. The Balaban J connectivity index is 1.98. The molecule has 2 aromatic carbocycles. The maximum absolute atomic E-state index is 11.0. The van der Waals surface area contributed by atoms with Gasteiger partial charge in [0, 0.05) is 17.7 Å². The van der Waals surface area contributed by atoms with Gasteiger partial charge in [0.15, 0.2) is 0 Å². The second-order valence-electron chi connectivity index (χ2n) is 5.17. The van der Waals surface area contributed by atoms with Gasteiger partial charge in [-0.1, -0.05) is 42.5 Å². The Labute approximate surface area is 125 Å². The van der Waals surface area contributed by atoms with E-state index in [1.54, 1.807) is 12.1 Å². The highest BCUT2D eigenvalue weighted by Crippen LogP contribution is 2.24. The fourth-order valence-electron chi connectivity index (χ4n) is 2.44. The number of para-hydroxylation sites is 1. The lowest BCUT2D eigenvalue weighted by atomic mass is 10.0. The molecule has 0 aromatic heterocycles. The number of nitrogens with zero attached hydrogens (tertiary/aromatic N) is 1. The summed E-state index contributed by atoms with van der Waals surface area (Å²) >= 11 is 0. The van der Waals surface area contributed by atoms with E-state index < -0.39 is 0 Å². The Bertz CT molecular complexity index is 626. The number of rotatable bonds is 6. The van der Waals surface area contributed by atoms with Crippen molar-refractivity contribution in [3.63, 3.8) is 0 Å². The minimum Gasteiger partial charge on any atom is -0.310 e. The molecule has 4 nitrogen and oxygen atoms in total. The molecule has 1 N–H and O–H groups in total. The predicted octanol–water partition coefficient (Wildman–Crippen LogP) is 3.80. The van der Waals surface area contributed by atoms with E-state index in [9.17, 15) is 10.1 Å². The number of aryl methyl sites for hydroxylation is 1. The molecule has 0 heterocycles. The third-order valence-corrected chi connectivity index (χ3v) is 3.71. The zero-order chi connectivity index (χ0) is 15.2. The van der Waals surface area contributed by atoms with Crippen LogP contribution >= 0.6 is 0 Å². The van der Waals surface area contributed by atoms with E-state index in [0.717, 1.165) is 18.5 Å². The molecule has 110 valence electrons. The second kappa shape index (κ2) is 6.99. The van der Waals surface area contributed by atoms with Gasteiger partial charge in [0.05, 0.1) is 4.92 Å². The van der Waals surface area contributed by atoms with Gasteiger partial charge in [-0.3, -0.25) is 10.1 Å². The van der Waals surface area contributed by atoms with Crippen LogP contribution in [0.25, 0.3) is 0 Å². The van der Waals surface area contributed by atoms with Crippen molar-refractivity contribution in [2.24, 2.45) is 0 Å². The monoisotopic (exact) mass is 284 g/mol. The van der Waals surface area contributed by atoms with E-state index in [-0.39, 0.29) is 16.7 Å². The van der Waals surface area contributed by atoms with Gasteiger partial charge in [-0.15, -0.1) is 0 Å². The van der Waals surface area contributed by atoms with E-state index >= 15 is 0 Å². The molecule has 0 radical (unpaired) electrons. The fraction of sp³-hybridized carbons (Fsp3) is 0.294. The van der Waals surface area contributed by atoms with Gasteiger partial charge in [0.2, 0.25) is 0 Å². The maximum atomic E-state index is 11.0. The van der Waals surface area contributed by atoms with Crippen LogP contribution in [-0.4, -0.2) is 11.5 Å². The quantitative estimate of drug-likeness (QED) is 0.648. The molecule has 21 heavy (non-hydrogen) atoms. The van der Waals surface area contributed by atoms with Crippen molar-refractivity contribution in [3.8, 4) is 0 Å². The van der Waals surface area contributed by atoms with Gasteiger partial charge in [-0.05, 0) is 37.9 Å². The topological polar surface area (TPSA) is 55.2 Å². The maximum Gasteiger partial charge on any atom is 0.274 e. The Morgan fingerprint density at radius 2 is 1.81 bits per heavy atom. The first-order valence-electron chi connectivity index (χ1n) is 7.11. The molecule has 2 rings (SSSR count). The highest BCUT2D eigenvalue weighted by molar-refractivity contribution is 5.41. The number of nitrogens with one attached hydrogen (secondary N) is 1. The molecule has 0 aliphatic rings. The van der Waals surface area contributed by atoms with Crippen LogP contribution < -0.4 is 5.32 Å². The van der Waals surface area contributed by atoms with Crippen molar-refractivity contribution < 1.29 is 4.92 Å². The largest absolute Gasteiger partial charge is 0.310 e. The van der Waals surface area contributed by atoms with Crippen LogP contribution in [0.15, 0.2) is 48.5 Å². The Hall–Kier alpha value is -2.20. The summed E-state index contributed by atoms with van der Waals surface area (Å²) in [6, 6.07) is 15.1. The summed E-state index contributed by atoms with van der Waals surface area (Å²) in [6.45, 7) is 4.85.